The molecule has 0 fully saturated rings. The molecule has 0 radical (unpaired) electrons. The lowest BCUT2D eigenvalue weighted by Gasteiger charge is -2.33. The molecule has 0 atom stereocenters. The molecule has 0 N–H and O–H groups in total. The average Bonchev–Trinajstić information content (AvgIpc) is 3.75. The predicted molar refractivity (Wildman–Crippen MR) is 249 cm³/mol. The average molecular weight is 769 g/mol. The number of nitrogens with zero attached hydrogens (tertiary/aromatic N) is 2. The molecule has 1 aromatic heterocycles. The van der Waals surface area contributed by atoms with Crippen LogP contribution >= 0.6 is 0 Å². The first-order valence-electron chi connectivity index (χ1n) is 20.7. The highest BCUT2D eigenvalue weighted by molar-refractivity contribution is 6.10. The molecular formula is C57H40N2O. The third-order valence-corrected chi connectivity index (χ3v) is 12.8. The molecule has 0 saturated carbocycles. The summed E-state index contributed by atoms with van der Waals surface area (Å²) in [5, 5.41) is 2.50. The van der Waals surface area contributed by atoms with Gasteiger partial charge in [-0.15, -0.1) is 0 Å². The lowest BCUT2D eigenvalue weighted by Crippen LogP contribution is -2.15. The second kappa shape index (κ2) is 13.2. The Bertz CT molecular complexity index is 3340. The van der Waals surface area contributed by atoms with Crippen LogP contribution in [0.5, 0.6) is 11.5 Å². The summed E-state index contributed by atoms with van der Waals surface area (Å²) in [6.07, 6.45) is 0. The lowest BCUT2D eigenvalue weighted by molar-refractivity contribution is 0.477. The number of rotatable bonds is 5. The molecule has 0 saturated heterocycles. The van der Waals surface area contributed by atoms with Crippen molar-refractivity contribution < 1.29 is 4.74 Å². The Morgan fingerprint density at radius 1 is 0.367 bits per heavy atom. The number of para-hydroxylation sites is 3. The van der Waals surface area contributed by atoms with Gasteiger partial charge in [0.05, 0.1) is 22.4 Å². The largest absolute Gasteiger partial charge is 0.453 e. The van der Waals surface area contributed by atoms with Crippen molar-refractivity contribution in [1.82, 2.24) is 4.57 Å². The monoisotopic (exact) mass is 768 g/mol. The maximum Gasteiger partial charge on any atom is 0.152 e. The maximum absolute atomic E-state index is 6.67. The van der Waals surface area contributed by atoms with Crippen molar-refractivity contribution in [2.75, 3.05) is 4.90 Å². The molecule has 1 aliphatic heterocycles. The Balaban J connectivity index is 0.943. The smallest absolute Gasteiger partial charge is 0.152 e. The summed E-state index contributed by atoms with van der Waals surface area (Å²) in [6.45, 7) is 4.68. The fourth-order valence-electron chi connectivity index (χ4n) is 9.82. The molecule has 2 aliphatic rings. The van der Waals surface area contributed by atoms with Gasteiger partial charge in [0.15, 0.2) is 11.5 Å². The van der Waals surface area contributed by atoms with E-state index in [2.05, 4.69) is 224 Å². The second-order valence-corrected chi connectivity index (χ2v) is 16.6. The Morgan fingerprint density at radius 2 is 1.00 bits per heavy atom. The van der Waals surface area contributed by atoms with Crippen molar-refractivity contribution in [2.45, 2.75) is 19.3 Å². The van der Waals surface area contributed by atoms with Gasteiger partial charge in [0, 0.05) is 27.6 Å². The first-order valence-corrected chi connectivity index (χ1v) is 20.7. The first kappa shape index (κ1) is 34.4. The van der Waals surface area contributed by atoms with E-state index < -0.39 is 0 Å². The predicted octanol–water partition coefficient (Wildman–Crippen LogP) is 15.7. The van der Waals surface area contributed by atoms with Crippen LogP contribution in [0.1, 0.15) is 25.0 Å². The van der Waals surface area contributed by atoms with Gasteiger partial charge in [-0.1, -0.05) is 153 Å². The Kier molecular flexibility index (Phi) is 7.58. The van der Waals surface area contributed by atoms with Crippen LogP contribution in [0.25, 0.3) is 72.0 Å². The Hall–Kier alpha value is -7.62. The topological polar surface area (TPSA) is 17.4 Å². The first-order chi connectivity index (χ1) is 29.5. The molecule has 0 unspecified atom stereocenters. The number of benzene rings is 9. The summed E-state index contributed by atoms with van der Waals surface area (Å²) >= 11 is 0. The summed E-state index contributed by atoms with van der Waals surface area (Å²) in [6, 6.07) is 74.8. The molecule has 9 aromatic carbocycles. The molecular weight excluding hydrogens is 729 g/mol. The SMILES string of the molecule is CC1(C)c2ccccc2-c2cc(-n3c4ccccc4c4ccc(-c5cccc(-c6ccc7c(c6)Oc6ccccc6N7c6cccc(-c7ccccc7)c6)c5)cc43)ccc21. The van der Waals surface area contributed by atoms with Crippen molar-refractivity contribution in [3.63, 3.8) is 0 Å². The molecule has 0 amide bonds. The molecule has 3 nitrogen and oxygen atoms in total. The van der Waals surface area contributed by atoms with Gasteiger partial charge in [-0.25, -0.2) is 0 Å². The van der Waals surface area contributed by atoms with Gasteiger partial charge >= 0.3 is 0 Å². The Labute approximate surface area is 350 Å². The Morgan fingerprint density at radius 3 is 1.88 bits per heavy atom. The molecule has 1 aliphatic carbocycles. The van der Waals surface area contributed by atoms with E-state index >= 15 is 0 Å². The van der Waals surface area contributed by atoms with E-state index in [4.69, 9.17) is 4.74 Å². The highest BCUT2D eigenvalue weighted by atomic mass is 16.5. The molecule has 0 spiro atoms. The molecule has 12 rings (SSSR count). The van der Waals surface area contributed by atoms with Gasteiger partial charge in [0.1, 0.15) is 0 Å². The van der Waals surface area contributed by atoms with Crippen molar-refractivity contribution in [1.29, 1.82) is 0 Å². The maximum atomic E-state index is 6.67. The minimum absolute atomic E-state index is 0.0357. The van der Waals surface area contributed by atoms with Crippen molar-refractivity contribution >= 4 is 38.9 Å². The van der Waals surface area contributed by atoms with Crippen molar-refractivity contribution in [3.05, 3.63) is 217 Å². The van der Waals surface area contributed by atoms with Gasteiger partial charge in [-0.05, 0) is 122 Å². The van der Waals surface area contributed by atoms with Gasteiger partial charge < -0.3 is 14.2 Å². The summed E-state index contributed by atoms with van der Waals surface area (Å²) < 4.78 is 9.12. The summed E-state index contributed by atoms with van der Waals surface area (Å²) in [4.78, 5) is 2.32. The van der Waals surface area contributed by atoms with Gasteiger partial charge in [0.2, 0.25) is 0 Å². The van der Waals surface area contributed by atoms with Crippen LogP contribution in [-0.4, -0.2) is 4.57 Å². The fraction of sp³-hybridized carbons (Fsp3) is 0.0526. The zero-order valence-corrected chi connectivity index (χ0v) is 33.4. The second-order valence-electron chi connectivity index (χ2n) is 16.6. The van der Waals surface area contributed by atoms with E-state index in [0.29, 0.717) is 0 Å². The molecule has 3 heteroatoms. The van der Waals surface area contributed by atoms with E-state index in [-0.39, 0.29) is 5.41 Å². The molecule has 10 aromatic rings. The van der Waals surface area contributed by atoms with Crippen LogP contribution in [0.4, 0.5) is 17.1 Å². The van der Waals surface area contributed by atoms with Gasteiger partial charge in [-0.2, -0.15) is 0 Å². The number of hydrogen-bond donors (Lipinski definition) is 0. The van der Waals surface area contributed by atoms with Gasteiger partial charge in [-0.3, -0.25) is 0 Å². The quantitative estimate of drug-likeness (QED) is 0.173. The van der Waals surface area contributed by atoms with Crippen molar-refractivity contribution in [2.24, 2.45) is 0 Å². The van der Waals surface area contributed by atoms with Crippen molar-refractivity contribution in [3.8, 4) is 61.7 Å². The van der Waals surface area contributed by atoms with E-state index in [1.807, 2.05) is 6.07 Å². The van der Waals surface area contributed by atoms with E-state index in [0.717, 1.165) is 39.7 Å². The third kappa shape index (κ3) is 5.29. The zero-order valence-electron chi connectivity index (χ0n) is 33.4. The lowest BCUT2D eigenvalue weighted by atomic mass is 9.82. The number of fused-ring (bicyclic) bond motifs is 8. The number of anilines is 3. The minimum atomic E-state index is -0.0357. The van der Waals surface area contributed by atoms with Crippen LogP contribution < -0.4 is 9.64 Å². The molecule has 284 valence electrons. The standard InChI is InChI=1S/C57H40N2O/c1-57(2)49-22-8-6-20-45(49)48-36-44(28-30-50(48)57)58-51-23-9-7-21-46(51)47-29-26-41(34-54(47)58)38-16-12-17-39(32-38)42-27-31-53-56(35-42)60-55-25-11-10-24-52(55)59(53)43-19-13-18-40(33-43)37-14-4-3-5-15-37/h3-36H,1-2H3. The van der Waals surface area contributed by atoms with Crippen LogP contribution in [-0.2, 0) is 5.41 Å². The van der Waals surface area contributed by atoms with Crippen LogP contribution in [0.15, 0.2) is 206 Å². The minimum Gasteiger partial charge on any atom is -0.453 e. The summed E-state index contributed by atoms with van der Waals surface area (Å²) in [7, 11) is 0. The van der Waals surface area contributed by atoms with Crippen LogP contribution in [0, 0.1) is 0 Å². The molecule has 0 bridgehead atoms. The number of hydrogen-bond acceptors (Lipinski definition) is 2. The van der Waals surface area contributed by atoms with E-state index in [1.165, 1.54) is 72.0 Å². The molecule has 2 heterocycles. The normalized spacial score (nSPS) is 13.4. The zero-order chi connectivity index (χ0) is 40.0. The number of aromatic nitrogens is 1. The number of ether oxygens (including phenoxy) is 1. The van der Waals surface area contributed by atoms with E-state index in [9.17, 15) is 0 Å². The van der Waals surface area contributed by atoms with Gasteiger partial charge in [0.25, 0.3) is 0 Å². The third-order valence-electron chi connectivity index (χ3n) is 12.8. The van der Waals surface area contributed by atoms with Crippen LogP contribution in [0.3, 0.4) is 0 Å². The highest BCUT2D eigenvalue weighted by Crippen LogP contribution is 2.52. The van der Waals surface area contributed by atoms with Crippen LogP contribution in [0.2, 0.25) is 0 Å². The summed E-state index contributed by atoms with van der Waals surface area (Å²) in [5.41, 5.74) is 19.0. The summed E-state index contributed by atoms with van der Waals surface area (Å²) in [5.74, 6) is 1.66. The van der Waals surface area contributed by atoms with E-state index in [1.54, 1.807) is 0 Å². The molecule has 60 heavy (non-hydrogen) atoms. The fourth-order valence-corrected chi connectivity index (χ4v) is 9.82. The highest BCUT2D eigenvalue weighted by Gasteiger charge is 2.35.